The van der Waals surface area contributed by atoms with Crippen LogP contribution >= 0.6 is 0 Å². The number of nitrogens with zero attached hydrogens (tertiary/aromatic N) is 1. The van der Waals surface area contributed by atoms with Gasteiger partial charge in [-0.1, -0.05) is 36.4 Å². The van der Waals surface area contributed by atoms with Crippen molar-refractivity contribution in [2.24, 2.45) is 0 Å². The van der Waals surface area contributed by atoms with E-state index >= 15 is 0 Å². The molecule has 0 saturated carbocycles. The lowest BCUT2D eigenvalue weighted by atomic mass is 10.1. The Bertz CT molecular complexity index is 842. The van der Waals surface area contributed by atoms with Crippen LogP contribution in [0, 0.1) is 0 Å². The van der Waals surface area contributed by atoms with E-state index in [9.17, 15) is 19.5 Å². The third-order valence-corrected chi connectivity index (χ3v) is 4.40. The fraction of sp³-hybridized carbons (Fsp3) is 0.190. The molecule has 0 fully saturated rings. The number of hydrogen-bond acceptors (Lipinski definition) is 5. The maximum atomic E-state index is 12.6. The van der Waals surface area contributed by atoms with E-state index in [0.29, 0.717) is 16.7 Å². The van der Waals surface area contributed by atoms with Gasteiger partial charge in [-0.05, 0) is 30.7 Å². The van der Waals surface area contributed by atoms with Crippen LogP contribution in [0.25, 0.3) is 0 Å². The van der Waals surface area contributed by atoms with Gasteiger partial charge in [0.05, 0.1) is 22.7 Å². The smallest absolute Gasteiger partial charge is 0.338 e. The first kappa shape index (κ1) is 18.5. The van der Waals surface area contributed by atoms with E-state index in [0.717, 1.165) is 4.90 Å². The Hall–Kier alpha value is -3.25. The summed E-state index contributed by atoms with van der Waals surface area (Å²) in [5.74, 6) is -1.54. The van der Waals surface area contributed by atoms with Gasteiger partial charge in [0.25, 0.3) is 11.8 Å². The molecule has 2 atom stereocenters. The summed E-state index contributed by atoms with van der Waals surface area (Å²) in [5, 5.41) is 10.5. The van der Waals surface area contributed by atoms with Crippen LogP contribution in [-0.4, -0.2) is 46.5 Å². The van der Waals surface area contributed by atoms with Crippen molar-refractivity contribution in [3.63, 3.8) is 0 Å². The van der Waals surface area contributed by atoms with Gasteiger partial charge in [-0.3, -0.25) is 14.5 Å². The molecule has 1 aliphatic heterocycles. The summed E-state index contributed by atoms with van der Waals surface area (Å²) in [7, 11) is 0. The molecule has 3 rings (SSSR count). The van der Waals surface area contributed by atoms with E-state index in [1.54, 1.807) is 54.6 Å². The Labute approximate surface area is 156 Å². The molecular formula is C21H19NO5. The van der Waals surface area contributed by atoms with Crippen molar-refractivity contribution in [1.82, 2.24) is 4.90 Å². The average molecular weight is 365 g/mol. The van der Waals surface area contributed by atoms with Crippen molar-refractivity contribution < 1.29 is 24.2 Å². The van der Waals surface area contributed by atoms with Gasteiger partial charge in [0.1, 0.15) is 12.7 Å². The number of amides is 2. The van der Waals surface area contributed by atoms with Gasteiger partial charge in [0.15, 0.2) is 0 Å². The van der Waals surface area contributed by atoms with Gasteiger partial charge in [0, 0.05) is 0 Å². The van der Waals surface area contributed by atoms with Crippen molar-refractivity contribution in [2.45, 2.75) is 18.6 Å². The van der Waals surface area contributed by atoms with E-state index in [1.165, 1.54) is 6.08 Å². The number of esters is 1. The number of fused-ring (bicyclic) bond motifs is 1. The molecule has 1 aliphatic rings. The van der Waals surface area contributed by atoms with Gasteiger partial charge in [-0.15, -0.1) is 6.58 Å². The maximum absolute atomic E-state index is 12.6. The molecule has 1 N–H and O–H groups in total. The van der Waals surface area contributed by atoms with E-state index in [1.807, 2.05) is 0 Å². The number of aliphatic hydroxyl groups is 1. The number of ether oxygens (including phenoxy) is 1. The van der Waals surface area contributed by atoms with Crippen LogP contribution in [-0.2, 0) is 4.74 Å². The number of carbonyl (C=O) groups excluding carboxylic acids is 3. The Morgan fingerprint density at radius 3 is 2.15 bits per heavy atom. The monoisotopic (exact) mass is 365 g/mol. The van der Waals surface area contributed by atoms with Crippen LogP contribution in [0.3, 0.4) is 0 Å². The highest BCUT2D eigenvalue weighted by molar-refractivity contribution is 6.21. The van der Waals surface area contributed by atoms with Gasteiger partial charge in [-0.25, -0.2) is 4.79 Å². The quantitative estimate of drug-likeness (QED) is 0.463. The van der Waals surface area contributed by atoms with Crippen molar-refractivity contribution in [3.8, 4) is 0 Å². The first-order valence-corrected chi connectivity index (χ1v) is 8.52. The molecule has 6 heteroatoms. The van der Waals surface area contributed by atoms with Crippen LogP contribution in [0.4, 0.5) is 0 Å². The summed E-state index contributed by atoms with van der Waals surface area (Å²) in [6.45, 7) is 3.28. The summed E-state index contributed by atoms with van der Waals surface area (Å²) < 4.78 is 5.15. The van der Waals surface area contributed by atoms with Crippen molar-refractivity contribution in [1.29, 1.82) is 0 Å². The Balaban J connectivity index is 1.74. The Morgan fingerprint density at radius 2 is 1.59 bits per heavy atom. The summed E-state index contributed by atoms with van der Waals surface area (Å²) in [6, 6.07) is 14.0. The number of aliphatic hydroxyl groups excluding tert-OH is 1. The third kappa shape index (κ3) is 3.66. The number of rotatable bonds is 7. The molecule has 0 spiro atoms. The second kappa shape index (κ2) is 7.97. The maximum Gasteiger partial charge on any atom is 0.338 e. The van der Waals surface area contributed by atoms with E-state index in [-0.39, 0.29) is 13.0 Å². The normalized spacial score (nSPS) is 15.2. The number of benzene rings is 2. The van der Waals surface area contributed by atoms with Crippen molar-refractivity contribution >= 4 is 17.8 Å². The van der Waals surface area contributed by atoms with E-state index < -0.39 is 29.9 Å². The van der Waals surface area contributed by atoms with E-state index in [2.05, 4.69) is 6.58 Å². The van der Waals surface area contributed by atoms with E-state index in [4.69, 9.17) is 4.74 Å². The lowest BCUT2D eigenvalue weighted by molar-refractivity contribution is -0.00202. The molecule has 138 valence electrons. The molecule has 2 amide bonds. The zero-order valence-electron chi connectivity index (χ0n) is 14.6. The van der Waals surface area contributed by atoms with Crippen LogP contribution in [0.15, 0.2) is 67.3 Å². The second-order valence-corrected chi connectivity index (χ2v) is 6.15. The summed E-state index contributed by atoms with van der Waals surface area (Å²) in [5.41, 5.74) is 0.945. The molecule has 0 unspecified atom stereocenters. The Morgan fingerprint density at radius 1 is 1.04 bits per heavy atom. The number of imide groups is 1. The van der Waals surface area contributed by atoms with Crippen LogP contribution in [0.2, 0.25) is 0 Å². The Kier molecular flexibility index (Phi) is 5.47. The molecule has 0 bridgehead atoms. The minimum Gasteiger partial charge on any atom is -0.459 e. The zero-order valence-corrected chi connectivity index (χ0v) is 14.6. The van der Waals surface area contributed by atoms with Gasteiger partial charge < -0.3 is 9.84 Å². The minimum absolute atomic E-state index is 0.176. The predicted octanol–water partition coefficient (Wildman–Crippen LogP) is 2.45. The number of hydrogen-bond donors (Lipinski definition) is 1. The average Bonchev–Trinajstić information content (AvgIpc) is 2.95. The molecule has 27 heavy (non-hydrogen) atoms. The molecule has 0 aliphatic carbocycles. The lowest BCUT2D eigenvalue weighted by Gasteiger charge is -2.29. The molecule has 1 heterocycles. The first-order valence-electron chi connectivity index (χ1n) is 8.52. The molecule has 2 aromatic rings. The highest BCUT2D eigenvalue weighted by atomic mass is 16.5. The van der Waals surface area contributed by atoms with Crippen molar-refractivity contribution in [3.05, 3.63) is 83.9 Å². The predicted molar refractivity (Wildman–Crippen MR) is 98.3 cm³/mol. The van der Waals surface area contributed by atoms with Crippen LogP contribution in [0.5, 0.6) is 0 Å². The minimum atomic E-state index is -1.24. The summed E-state index contributed by atoms with van der Waals surface area (Å²) in [6.07, 6.45) is 0.448. The zero-order chi connectivity index (χ0) is 19.4. The summed E-state index contributed by atoms with van der Waals surface area (Å²) in [4.78, 5) is 38.4. The fourth-order valence-corrected chi connectivity index (χ4v) is 3.04. The molecule has 2 aromatic carbocycles. The first-order chi connectivity index (χ1) is 13.0. The molecule has 6 nitrogen and oxygen atoms in total. The van der Waals surface area contributed by atoms with Gasteiger partial charge in [0.2, 0.25) is 0 Å². The second-order valence-electron chi connectivity index (χ2n) is 6.15. The lowest BCUT2D eigenvalue weighted by Crippen LogP contribution is -2.48. The highest BCUT2D eigenvalue weighted by Gasteiger charge is 2.42. The number of carbonyl (C=O) groups is 3. The summed E-state index contributed by atoms with van der Waals surface area (Å²) >= 11 is 0. The molecule has 0 radical (unpaired) electrons. The highest BCUT2D eigenvalue weighted by Crippen LogP contribution is 2.27. The molecule has 0 saturated heterocycles. The molecular weight excluding hydrogens is 346 g/mol. The molecule has 0 aromatic heterocycles. The third-order valence-electron chi connectivity index (χ3n) is 4.40. The standard InChI is InChI=1S/C21H19NO5/c1-2-8-17(18(23)13-27-21(26)14-9-4-3-5-10-14)22-19(24)15-11-6-7-12-16(15)20(22)25/h2-7,9-12,17-18,23H,1,8,13H2/t17-,18+/m1/s1. The van der Waals surface area contributed by atoms with Gasteiger partial charge in [-0.2, -0.15) is 0 Å². The fourth-order valence-electron chi connectivity index (χ4n) is 3.04. The van der Waals surface area contributed by atoms with Crippen LogP contribution in [0.1, 0.15) is 37.5 Å². The van der Waals surface area contributed by atoms with Crippen LogP contribution < -0.4 is 0 Å². The van der Waals surface area contributed by atoms with Gasteiger partial charge >= 0.3 is 5.97 Å². The SMILES string of the molecule is C=CC[C@H]([C@@H](O)COC(=O)c1ccccc1)N1C(=O)c2ccccc2C1=O. The topological polar surface area (TPSA) is 83.9 Å². The van der Waals surface area contributed by atoms with Crippen molar-refractivity contribution in [2.75, 3.05) is 6.61 Å². The largest absolute Gasteiger partial charge is 0.459 e.